The molecule has 0 aliphatic heterocycles. The summed E-state index contributed by atoms with van der Waals surface area (Å²) in [5, 5.41) is 12.7. The number of para-hydroxylation sites is 2. The number of benzene rings is 9. The molecule has 9 aromatic carbocycles. The molecule has 0 N–H and O–H groups in total. The Morgan fingerprint density at radius 1 is 0.474 bits per heavy atom. The Labute approximate surface area is 329 Å². The average Bonchev–Trinajstić information content (AvgIpc) is 3.97. The van der Waals surface area contributed by atoms with E-state index in [1.165, 1.54) is 30.9 Å². The summed E-state index contributed by atoms with van der Waals surface area (Å²) in [5.74, 6) is 0.717. The first kappa shape index (κ1) is 30.9. The van der Waals surface area contributed by atoms with Crippen LogP contribution in [-0.4, -0.2) is 14.5 Å². The molecule has 0 aliphatic carbocycles. The zero-order valence-electron chi connectivity index (χ0n) is 30.4. The third-order valence-corrected chi connectivity index (χ3v) is 13.0. The van der Waals surface area contributed by atoms with Crippen LogP contribution < -0.4 is 0 Å². The molecule has 57 heavy (non-hydrogen) atoms. The van der Waals surface area contributed by atoms with Gasteiger partial charge in [0.25, 0.3) is 0 Å². The number of rotatable bonds is 3. The topological polar surface area (TPSA) is 43.9 Å². The van der Waals surface area contributed by atoms with Crippen molar-refractivity contribution in [1.29, 1.82) is 0 Å². The number of thiophene rings is 1. The minimum atomic E-state index is 0.717. The van der Waals surface area contributed by atoms with E-state index in [0.717, 1.165) is 87.9 Å². The van der Waals surface area contributed by atoms with Crippen molar-refractivity contribution in [3.63, 3.8) is 0 Å². The van der Waals surface area contributed by atoms with Crippen molar-refractivity contribution < 1.29 is 4.42 Å². The highest BCUT2D eigenvalue weighted by Gasteiger charge is 2.26. The fraction of sp³-hybridized carbons (Fsp3) is 0. The van der Waals surface area contributed by atoms with Gasteiger partial charge in [-0.3, -0.25) is 0 Å². The summed E-state index contributed by atoms with van der Waals surface area (Å²) in [4.78, 5) is 10.9. The molecule has 0 aliphatic rings. The van der Waals surface area contributed by atoms with Gasteiger partial charge < -0.3 is 8.98 Å². The van der Waals surface area contributed by atoms with Crippen molar-refractivity contribution in [3.8, 4) is 28.3 Å². The van der Waals surface area contributed by atoms with E-state index < -0.39 is 0 Å². The van der Waals surface area contributed by atoms with E-state index >= 15 is 0 Å². The van der Waals surface area contributed by atoms with E-state index in [1.807, 2.05) is 11.3 Å². The molecule has 0 saturated heterocycles. The van der Waals surface area contributed by atoms with E-state index in [-0.39, 0.29) is 0 Å². The standard InChI is InChI=1S/C52H29N3OS/c1-2-15-31(16-3-1)47-39-27-26-30-14-4-5-17-32(30)48(39)54-52(53-47)38-28-29-41(51-45(38)37-22-10-13-25-43(37)57-51)55-40-23-11-8-20-35(40)44-33-18-6-7-19-34(33)50-46(49(44)55)36-21-9-12-24-42(36)56-50/h1-29H. The van der Waals surface area contributed by atoms with Crippen molar-refractivity contribution >= 4 is 108 Å². The molecule has 0 unspecified atom stereocenters. The largest absolute Gasteiger partial charge is 0.455 e. The van der Waals surface area contributed by atoms with E-state index in [1.54, 1.807) is 0 Å². The quantitative estimate of drug-likeness (QED) is 0.169. The molecular formula is C52H29N3OS. The summed E-state index contributed by atoms with van der Waals surface area (Å²) in [6.45, 7) is 0. The summed E-state index contributed by atoms with van der Waals surface area (Å²) >= 11 is 1.83. The van der Waals surface area contributed by atoms with Gasteiger partial charge in [-0.2, -0.15) is 0 Å². The third-order valence-electron chi connectivity index (χ3n) is 11.8. The van der Waals surface area contributed by atoms with E-state index in [9.17, 15) is 0 Å². The second kappa shape index (κ2) is 11.6. The number of hydrogen-bond donors (Lipinski definition) is 0. The summed E-state index contributed by atoms with van der Waals surface area (Å²) < 4.78 is 11.7. The molecule has 13 rings (SSSR count). The van der Waals surface area contributed by atoms with Crippen LogP contribution in [0.25, 0.3) is 125 Å². The number of hydrogen-bond acceptors (Lipinski definition) is 4. The summed E-state index contributed by atoms with van der Waals surface area (Å²) in [7, 11) is 0. The van der Waals surface area contributed by atoms with Crippen LogP contribution in [0.3, 0.4) is 0 Å². The smallest absolute Gasteiger partial charge is 0.161 e. The van der Waals surface area contributed by atoms with Crippen molar-refractivity contribution in [2.24, 2.45) is 0 Å². The molecule has 264 valence electrons. The molecule has 5 heteroatoms. The number of fused-ring (bicyclic) bond motifs is 16. The Balaban J connectivity index is 1.20. The minimum Gasteiger partial charge on any atom is -0.455 e. The fourth-order valence-electron chi connectivity index (χ4n) is 9.35. The molecule has 0 spiro atoms. The molecule has 4 nitrogen and oxygen atoms in total. The van der Waals surface area contributed by atoms with Crippen LogP contribution in [0, 0.1) is 0 Å². The van der Waals surface area contributed by atoms with Crippen LogP contribution >= 0.6 is 11.3 Å². The molecule has 0 amide bonds. The van der Waals surface area contributed by atoms with Gasteiger partial charge in [0.1, 0.15) is 11.2 Å². The first-order chi connectivity index (χ1) is 28.3. The van der Waals surface area contributed by atoms with Gasteiger partial charge in [0, 0.05) is 58.9 Å². The molecule has 4 heterocycles. The molecule has 0 saturated carbocycles. The normalized spacial score (nSPS) is 12.2. The Hall–Kier alpha value is -7.34. The third kappa shape index (κ3) is 4.26. The maximum absolute atomic E-state index is 6.76. The van der Waals surface area contributed by atoms with Crippen LogP contribution in [-0.2, 0) is 0 Å². The highest BCUT2D eigenvalue weighted by Crippen LogP contribution is 2.49. The van der Waals surface area contributed by atoms with Gasteiger partial charge >= 0.3 is 0 Å². The van der Waals surface area contributed by atoms with Crippen LogP contribution in [0.15, 0.2) is 180 Å². The number of furan rings is 1. The van der Waals surface area contributed by atoms with Gasteiger partial charge in [0.05, 0.1) is 38.0 Å². The van der Waals surface area contributed by atoms with Gasteiger partial charge in [-0.15, -0.1) is 11.3 Å². The van der Waals surface area contributed by atoms with Crippen molar-refractivity contribution in [2.75, 3.05) is 0 Å². The Bertz CT molecular complexity index is 3820. The molecule has 0 bridgehead atoms. The molecule has 0 atom stereocenters. The molecule has 0 radical (unpaired) electrons. The lowest BCUT2D eigenvalue weighted by Crippen LogP contribution is -1.99. The maximum Gasteiger partial charge on any atom is 0.161 e. The lowest BCUT2D eigenvalue weighted by Gasteiger charge is -2.15. The van der Waals surface area contributed by atoms with E-state index in [4.69, 9.17) is 14.4 Å². The summed E-state index contributed by atoms with van der Waals surface area (Å²) in [6.07, 6.45) is 0. The SMILES string of the molecule is c1ccc(-c2nc(-c3ccc(-n4c5ccccc5c5c6ccccc6c6oc7ccccc7c6c54)c4sc5ccccc5c34)nc3c2ccc2ccccc23)cc1. The number of aromatic nitrogens is 3. The van der Waals surface area contributed by atoms with E-state index in [2.05, 4.69) is 180 Å². The lowest BCUT2D eigenvalue weighted by atomic mass is 9.99. The van der Waals surface area contributed by atoms with Gasteiger partial charge in [-0.25, -0.2) is 9.97 Å². The van der Waals surface area contributed by atoms with Crippen LogP contribution in [0.1, 0.15) is 0 Å². The summed E-state index contributed by atoms with van der Waals surface area (Å²) in [6, 6.07) is 62.7. The average molecular weight is 744 g/mol. The van der Waals surface area contributed by atoms with Crippen LogP contribution in [0.5, 0.6) is 0 Å². The van der Waals surface area contributed by atoms with Gasteiger partial charge in [0.2, 0.25) is 0 Å². The van der Waals surface area contributed by atoms with Crippen molar-refractivity contribution in [2.45, 2.75) is 0 Å². The zero-order chi connectivity index (χ0) is 37.2. The van der Waals surface area contributed by atoms with Gasteiger partial charge in [-0.05, 0) is 47.2 Å². The maximum atomic E-state index is 6.76. The van der Waals surface area contributed by atoms with Crippen molar-refractivity contribution in [1.82, 2.24) is 14.5 Å². The van der Waals surface area contributed by atoms with Gasteiger partial charge in [0.15, 0.2) is 5.82 Å². The first-order valence-corrected chi connectivity index (χ1v) is 20.1. The first-order valence-electron chi connectivity index (χ1n) is 19.3. The van der Waals surface area contributed by atoms with Gasteiger partial charge in [-0.1, -0.05) is 140 Å². The fourth-order valence-corrected chi connectivity index (χ4v) is 10.6. The number of nitrogens with zero attached hydrogens (tertiary/aromatic N) is 3. The second-order valence-electron chi connectivity index (χ2n) is 14.8. The second-order valence-corrected chi connectivity index (χ2v) is 15.9. The minimum absolute atomic E-state index is 0.717. The van der Waals surface area contributed by atoms with Crippen LogP contribution in [0.4, 0.5) is 0 Å². The highest BCUT2D eigenvalue weighted by atomic mass is 32.1. The lowest BCUT2D eigenvalue weighted by molar-refractivity contribution is 0.673. The van der Waals surface area contributed by atoms with Crippen molar-refractivity contribution in [3.05, 3.63) is 176 Å². The predicted molar refractivity (Wildman–Crippen MR) is 240 cm³/mol. The Morgan fingerprint density at radius 3 is 2.05 bits per heavy atom. The molecule has 4 aromatic heterocycles. The molecule has 13 aromatic rings. The Morgan fingerprint density at radius 2 is 1.18 bits per heavy atom. The monoisotopic (exact) mass is 743 g/mol. The van der Waals surface area contributed by atoms with E-state index in [0.29, 0.717) is 5.82 Å². The zero-order valence-corrected chi connectivity index (χ0v) is 31.2. The predicted octanol–water partition coefficient (Wildman–Crippen LogP) is 14.6. The Kier molecular flexibility index (Phi) is 6.29. The molecular weight excluding hydrogens is 715 g/mol. The van der Waals surface area contributed by atoms with Crippen LogP contribution in [0.2, 0.25) is 0 Å². The highest BCUT2D eigenvalue weighted by molar-refractivity contribution is 7.26. The molecule has 0 fully saturated rings. The summed E-state index contributed by atoms with van der Waals surface area (Å²) in [5.41, 5.74) is 9.21.